The lowest BCUT2D eigenvalue weighted by molar-refractivity contribution is -0.132. The van der Waals surface area contributed by atoms with E-state index in [1.165, 1.54) is 12.3 Å². The standard InChI is InChI=1S/C22H27F2N7O3/c1-14(31-17-12-26-27-22(33)20(17)15(2)28-31)13-34-10-5-19(32)30-8-6-29(7-9-30)18-4-3-16(11-25-18)21(23)24/h3-4,11-12,14,21H,5-10,13H2,1-2H3,(H,27,33). The van der Waals surface area contributed by atoms with Crippen LogP contribution in [-0.2, 0) is 9.53 Å². The van der Waals surface area contributed by atoms with E-state index in [1.54, 1.807) is 28.8 Å². The molecule has 0 spiro atoms. The molecule has 0 bridgehead atoms. The number of piperazine rings is 1. The van der Waals surface area contributed by atoms with Gasteiger partial charge in [-0.15, -0.1) is 0 Å². The lowest BCUT2D eigenvalue weighted by Gasteiger charge is -2.35. The van der Waals surface area contributed by atoms with Crippen LogP contribution in [0.15, 0.2) is 29.3 Å². The number of halogens is 2. The molecule has 0 aromatic carbocycles. The van der Waals surface area contributed by atoms with Gasteiger partial charge in [-0.2, -0.15) is 10.2 Å². The highest BCUT2D eigenvalue weighted by Gasteiger charge is 2.22. The summed E-state index contributed by atoms with van der Waals surface area (Å²) in [4.78, 5) is 32.4. The summed E-state index contributed by atoms with van der Waals surface area (Å²) in [6.07, 6.45) is 0.482. The van der Waals surface area contributed by atoms with Crippen LogP contribution in [0.3, 0.4) is 0 Å². The van der Waals surface area contributed by atoms with E-state index in [1.807, 2.05) is 11.8 Å². The third-order valence-corrected chi connectivity index (χ3v) is 5.92. The van der Waals surface area contributed by atoms with Crippen molar-refractivity contribution < 1.29 is 18.3 Å². The summed E-state index contributed by atoms with van der Waals surface area (Å²) in [6, 6.07) is 2.83. The minimum atomic E-state index is -2.54. The van der Waals surface area contributed by atoms with Crippen LogP contribution in [0, 0.1) is 6.92 Å². The van der Waals surface area contributed by atoms with Gasteiger partial charge >= 0.3 is 0 Å². The average Bonchev–Trinajstić information content (AvgIpc) is 3.19. The molecule has 1 aliphatic rings. The van der Waals surface area contributed by atoms with E-state index in [-0.39, 0.29) is 36.1 Å². The molecular weight excluding hydrogens is 448 g/mol. The van der Waals surface area contributed by atoms with Crippen molar-refractivity contribution >= 4 is 22.6 Å². The summed E-state index contributed by atoms with van der Waals surface area (Å²) in [5.41, 5.74) is 0.888. The van der Waals surface area contributed by atoms with Crippen LogP contribution < -0.4 is 10.5 Å². The predicted molar refractivity (Wildman–Crippen MR) is 121 cm³/mol. The van der Waals surface area contributed by atoms with Gasteiger partial charge in [0, 0.05) is 37.9 Å². The first kappa shape index (κ1) is 23.7. The summed E-state index contributed by atoms with van der Waals surface area (Å²) >= 11 is 0. The third-order valence-electron chi connectivity index (χ3n) is 5.92. The third kappa shape index (κ3) is 5.06. The maximum absolute atomic E-state index is 12.7. The number of hydrogen-bond acceptors (Lipinski definition) is 7. The van der Waals surface area contributed by atoms with Gasteiger partial charge in [0.05, 0.1) is 48.5 Å². The lowest BCUT2D eigenvalue weighted by Crippen LogP contribution is -2.49. The normalized spacial score (nSPS) is 15.3. The number of anilines is 1. The number of hydrogen-bond donors (Lipinski definition) is 1. The maximum atomic E-state index is 12.7. The number of fused-ring (bicyclic) bond motifs is 1. The minimum Gasteiger partial charge on any atom is -0.379 e. The Morgan fingerprint density at radius 3 is 2.65 bits per heavy atom. The number of carbonyl (C=O) groups excluding carboxylic acids is 1. The van der Waals surface area contributed by atoms with Crippen LogP contribution >= 0.6 is 0 Å². The van der Waals surface area contributed by atoms with Crippen molar-refractivity contribution in [2.45, 2.75) is 32.7 Å². The number of carbonyl (C=O) groups is 1. The molecule has 34 heavy (non-hydrogen) atoms. The molecule has 1 saturated heterocycles. The number of alkyl halides is 2. The number of amides is 1. The van der Waals surface area contributed by atoms with E-state index in [0.29, 0.717) is 55.2 Å². The summed E-state index contributed by atoms with van der Waals surface area (Å²) in [5, 5.41) is 11.2. The number of nitrogens with zero attached hydrogens (tertiary/aromatic N) is 6. The van der Waals surface area contributed by atoms with Crippen LogP contribution in [0.25, 0.3) is 10.9 Å². The van der Waals surface area contributed by atoms with Gasteiger partial charge in [0.1, 0.15) is 5.82 Å². The van der Waals surface area contributed by atoms with Crippen molar-refractivity contribution in [2.75, 3.05) is 44.3 Å². The number of pyridine rings is 1. The maximum Gasteiger partial charge on any atom is 0.275 e. The van der Waals surface area contributed by atoms with Crippen LogP contribution in [0.4, 0.5) is 14.6 Å². The molecule has 0 aliphatic carbocycles. The van der Waals surface area contributed by atoms with E-state index in [2.05, 4.69) is 20.3 Å². The van der Waals surface area contributed by atoms with E-state index < -0.39 is 6.43 Å². The second-order valence-electron chi connectivity index (χ2n) is 8.28. The zero-order valence-electron chi connectivity index (χ0n) is 19.1. The number of ether oxygens (including phenoxy) is 1. The van der Waals surface area contributed by atoms with Crippen molar-refractivity contribution in [3.8, 4) is 0 Å². The molecular formula is C22H27F2N7O3. The molecule has 12 heteroatoms. The van der Waals surface area contributed by atoms with Crippen LogP contribution in [0.1, 0.15) is 37.1 Å². The van der Waals surface area contributed by atoms with Gasteiger partial charge in [-0.25, -0.2) is 18.9 Å². The van der Waals surface area contributed by atoms with Gasteiger partial charge in [0.2, 0.25) is 5.91 Å². The van der Waals surface area contributed by atoms with Gasteiger partial charge in [-0.1, -0.05) is 0 Å². The van der Waals surface area contributed by atoms with Gasteiger partial charge < -0.3 is 14.5 Å². The Bertz CT molecular complexity index is 1190. The summed E-state index contributed by atoms with van der Waals surface area (Å²) in [5.74, 6) is 0.636. The smallest absolute Gasteiger partial charge is 0.275 e. The number of nitrogens with one attached hydrogen (secondary N) is 1. The van der Waals surface area contributed by atoms with Crippen molar-refractivity contribution in [3.63, 3.8) is 0 Å². The Morgan fingerprint density at radius 2 is 1.97 bits per heavy atom. The fourth-order valence-corrected chi connectivity index (χ4v) is 4.05. The SMILES string of the molecule is Cc1nn(C(C)COCCC(=O)N2CCN(c3ccc(C(F)F)cn3)CC2)c2cn[nH]c(=O)c12. The van der Waals surface area contributed by atoms with Gasteiger partial charge in [-0.3, -0.25) is 14.3 Å². The molecule has 3 aromatic heterocycles. The Kier molecular flexibility index (Phi) is 7.15. The molecule has 1 atom stereocenters. The average molecular weight is 476 g/mol. The molecule has 1 unspecified atom stereocenters. The Hall–Kier alpha value is -3.41. The number of H-pyrrole nitrogens is 1. The quantitative estimate of drug-likeness (QED) is 0.497. The van der Waals surface area contributed by atoms with E-state index >= 15 is 0 Å². The number of aryl methyl sites for hydroxylation is 1. The van der Waals surface area contributed by atoms with Crippen LogP contribution in [0.2, 0.25) is 0 Å². The highest BCUT2D eigenvalue weighted by Crippen LogP contribution is 2.21. The van der Waals surface area contributed by atoms with Crippen molar-refractivity contribution in [3.05, 3.63) is 46.1 Å². The van der Waals surface area contributed by atoms with Crippen molar-refractivity contribution in [1.29, 1.82) is 0 Å². The molecule has 4 heterocycles. The fourth-order valence-electron chi connectivity index (χ4n) is 4.05. The molecule has 182 valence electrons. The molecule has 4 rings (SSSR count). The van der Waals surface area contributed by atoms with E-state index in [9.17, 15) is 18.4 Å². The highest BCUT2D eigenvalue weighted by molar-refractivity contribution is 5.79. The minimum absolute atomic E-state index is 0.00410. The van der Waals surface area contributed by atoms with Crippen molar-refractivity contribution in [2.24, 2.45) is 0 Å². The zero-order valence-corrected chi connectivity index (χ0v) is 19.1. The van der Waals surface area contributed by atoms with Crippen LogP contribution in [0.5, 0.6) is 0 Å². The first-order valence-corrected chi connectivity index (χ1v) is 11.1. The molecule has 1 amide bonds. The second kappa shape index (κ2) is 10.2. The molecule has 0 radical (unpaired) electrons. The monoisotopic (exact) mass is 475 g/mol. The largest absolute Gasteiger partial charge is 0.379 e. The fraction of sp³-hybridized carbons (Fsp3) is 0.500. The zero-order chi connectivity index (χ0) is 24.2. The van der Waals surface area contributed by atoms with Crippen molar-refractivity contribution in [1.82, 2.24) is 29.9 Å². The Morgan fingerprint density at radius 1 is 1.21 bits per heavy atom. The first-order chi connectivity index (χ1) is 16.3. The lowest BCUT2D eigenvalue weighted by atomic mass is 10.2. The number of aromatic amines is 1. The Balaban J connectivity index is 1.21. The topological polar surface area (TPSA) is 109 Å². The molecule has 1 N–H and O–H groups in total. The summed E-state index contributed by atoms with van der Waals surface area (Å²) in [7, 11) is 0. The number of rotatable bonds is 8. The predicted octanol–water partition coefficient (Wildman–Crippen LogP) is 2.08. The molecule has 1 aliphatic heterocycles. The van der Waals surface area contributed by atoms with Gasteiger partial charge in [0.15, 0.2) is 0 Å². The highest BCUT2D eigenvalue weighted by atomic mass is 19.3. The van der Waals surface area contributed by atoms with Gasteiger partial charge in [0.25, 0.3) is 12.0 Å². The van der Waals surface area contributed by atoms with E-state index in [0.717, 1.165) is 0 Å². The van der Waals surface area contributed by atoms with Crippen LogP contribution in [-0.4, -0.2) is 75.2 Å². The number of aromatic nitrogens is 5. The first-order valence-electron chi connectivity index (χ1n) is 11.1. The summed E-state index contributed by atoms with van der Waals surface area (Å²) in [6.45, 7) is 6.56. The van der Waals surface area contributed by atoms with E-state index in [4.69, 9.17) is 4.74 Å². The van der Waals surface area contributed by atoms with Gasteiger partial charge in [-0.05, 0) is 26.0 Å². The summed E-state index contributed by atoms with van der Waals surface area (Å²) < 4.78 is 32.8. The second-order valence-corrected chi connectivity index (χ2v) is 8.28. The molecule has 1 fully saturated rings. The Labute approximate surface area is 194 Å². The molecule has 10 nitrogen and oxygen atoms in total. The molecule has 0 saturated carbocycles. The molecule has 3 aromatic rings.